The summed E-state index contributed by atoms with van der Waals surface area (Å²) in [6.45, 7) is 1.92. The van der Waals surface area contributed by atoms with Crippen LogP contribution in [0.15, 0.2) is 72.8 Å². The lowest BCUT2D eigenvalue weighted by atomic mass is 9.98. The summed E-state index contributed by atoms with van der Waals surface area (Å²) in [6, 6.07) is 20.5. The van der Waals surface area contributed by atoms with E-state index in [1.54, 1.807) is 24.3 Å². The average Bonchev–Trinajstić information content (AvgIpc) is 2.69. The smallest absolute Gasteiger partial charge is 0.336 e. The summed E-state index contributed by atoms with van der Waals surface area (Å²) < 4.78 is 0. The highest BCUT2D eigenvalue weighted by molar-refractivity contribution is 6.12. The highest BCUT2D eigenvalue weighted by Crippen LogP contribution is 2.23. The third-order valence-corrected chi connectivity index (χ3v) is 4.46. The van der Waals surface area contributed by atoms with Crippen LogP contribution in [0.25, 0.3) is 0 Å². The molecule has 0 fully saturated rings. The summed E-state index contributed by atoms with van der Waals surface area (Å²) in [7, 11) is 0. The molecule has 3 aromatic carbocycles. The molecule has 0 aliphatic heterocycles. The van der Waals surface area contributed by atoms with E-state index >= 15 is 0 Å². The summed E-state index contributed by atoms with van der Waals surface area (Å²) in [4.78, 5) is 24.3. The minimum atomic E-state index is -1.09. The first-order valence-corrected chi connectivity index (χ1v) is 8.96. The number of anilines is 1. The van der Waals surface area contributed by atoms with Gasteiger partial charge in [-0.05, 0) is 43.2 Å². The van der Waals surface area contributed by atoms with Gasteiger partial charge in [0.2, 0.25) is 0 Å². The number of carbonyl (C=O) groups excluding carboxylic acids is 1. The van der Waals surface area contributed by atoms with Crippen molar-refractivity contribution in [2.24, 2.45) is 0 Å². The Hall–Kier alpha value is -3.60. The van der Waals surface area contributed by atoms with Gasteiger partial charge in [0.05, 0.1) is 5.56 Å². The van der Waals surface area contributed by atoms with Crippen LogP contribution in [0.3, 0.4) is 0 Å². The van der Waals surface area contributed by atoms with Crippen molar-refractivity contribution in [2.45, 2.75) is 19.4 Å². The van der Waals surface area contributed by atoms with Crippen molar-refractivity contribution in [3.63, 3.8) is 0 Å². The van der Waals surface area contributed by atoms with Gasteiger partial charge in [-0.25, -0.2) is 4.79 Å². The van der Waals surface area contributed by atoms with E-state index in [4.69, 9.17) is 0 Å². The van der Waals surface area contributed by atoms with E-state index in [0.717, 1.165) is 0 Å². The Morgan fingerprint density at radius 3 is 2.32 bits per heavy atom. The van der Waals surface area contributed by atoms with Gasteiger partial charge in [-0.2, -0.15) is 0 Å². The number of carbonyl (C=O) groups is 2. The molecule has 5 nitrogen and oxygen atoms in total. The lowest BCUT2D eigenvalue weighted by Crippen LogP contribution is -2.21. The molecule has 5 heteroatoms. The van der Waals surface area contributed by atoms with Crippen LogP contribution >= 0.6 is 0 Å². The topological polar surface area (TPSA) is 86.6 Å². The minimum absolute atomic E-state index is 0.0716. The Bertz CT molecular complexity index is 998. The van der Waals surface area contributed by atoms with Crippen molar-refractivity contribution in [2.75, 3.05) is 5.32 Å². The SMILES string of the molecule is C[C@H](Cc1ccc(O)cc1C(=O)O)Nc1ccccc1C(=O)c1ccccc1. The fourth-order valence-corrected chi connectivity index (χ4v) is 3.14. The molecule has 3 N–H and O–H groups in total. The van der Waals surface area contributed by atoms with Crippen LogP contribution in [0.4, 0.5) is 5.69 Å². The molecule has 3 rings (SSSR count). The van der Waals surface area contributed by atoms with Crippen LogP contribution in [-0.2, 0) is 6.42 Å². The molecule has 0 aliphatic rings. The van der Waals surface area contributed by atoms with Crippen LogP contribution < -0.4 is 5.32 Å². The second kappa shape index (κ2) is 8.39. The van der Waals surface area contributed by atoms with E-state index in [0.29, 0.717) is 28.8 Å². The molecule has 0 amide bonds. The van der Waals surface area contributed by atoms with E-state index in [1.165, 1.54) is 12.1 Å². The van der Waals surface area contributed by atoms with Crippen LogP contribution in [0.5, 0.6) is 5.75 Å². The van der Waals surface area contributed by atoms with Gasteiger partial charge in [0.15, 0.2) is 5.78 Å². The number of hydrogen-bond donors (Lipinski definition) is 3. The zero-order chi connectivity index (χ0) is 20.1. The summed E-state index contributed by atoms with van der Waals surface area (Å²) in [5, 5.41) is 22.2. The van der Waals surface area contributed by atoms with Crippen LogP contribution in [0.2, 0.25) is 0 Å². The van der Waals surface area contributed by atoms with Gasteiger partial charge >= 0.3 is 5.97 Å². The number of benzene rings is 3. The van der Waals surface area contributed by atoms with E-state index in [-0.39, 0.29) is 23.1 Å². The summed E-state index contributed by atoms with van der Waals surface area (Å²) >= 11 is 0. The van der Waals surface area contributed by atoms with Crippen LogP contribution in [0.1, 0.15) is 38.8 Å². The maximum Gasteiger partial charge on any atom is 0.336 e. The zero-order valence-electron chi connectivity index (χ0n) is 15.4. The van der Waals surface area contributed by atoms with Crippen molar-refractivity contribution in [3.8, 4) is 5.75 Å². The van der Waals surface area contributed by atoms with Crippen molar-refractivity contribution in [1.82, 2.24) is 0 Å². The van der Waals surface area contributed by atoms with E-state index < -0.39 is 5.97 Å². The molecule has 0 heterocycles. The summed E-state index contributed by atoms with van der Waals surface area (Å²) in [5.41, 5.74) is 2.54. The fraction of sp³-hybridized carbons (Fsp3) is 0.130. The Labute approximate surface area is 163 Å². The molecule has 1 atom stereocenters. The Morgan fingerprint density at radius 2 is 1.61 bits per heavy atom. The third-order valence-electron chi connectivity index (χ3n) is 4.46. The van der Waals surface area contributed by atoms with E-state index in [1.807, 2.05) is 43.3 Å². The van der Waals surface area contributed by atoms with Gasteiger partial charge in [-0.3, -0.25) is 4.79 Å². The molecule has 0 aliphatic carbocycles. The Balaban J connectivity index is 1.82. The first kappa shape index (κ1) is 19.2. The number of phenolic OH excluding ortho intramolecular Hbond substituents is 1. The number of hydrogen-bond acceptors (Lipinski definition) is 4. The predicted octanol–water partition coefficient (Wildman–Crippen LogP) is 4.36. The molecule has 3 aromatic rings. The Kier molecular flexibility index (Phi) is 5.75. The third kappa shape index (κ3) is 4.38. The molecule has 142 valence electrons. The van der Waals surface area contributed by atoms with Gasteiger partial charge in [-0.1, -0.05) is 48.5 Å². The highest BCUT2D eigenvalue weighted by atomic mass is 16.4. The van der Waals surface area contributed by atoms with Gasteiger partial charge < -0.3 is 15.5 Å². The molecular formula is C23H21NO4. The fourth-order valence-electron chi connectivity index (χ4n) is 3.14. The zero-order valence-corrected chi connectivity index (χ0v) is 15.4. The van der Waals surface area contributed by atoms with Crippen molar-refractivity contribution in [3.05, 3.63) is 95.1 Å². The molecule has 0 saturated heterocycles. The first-order chi connectivity index (χ1) is 13.5. The van der Waals surface area contributed by atoms with Gasteiger partial charge in [0, 0.05) is 22.9 Å². The van der Waals surface area contributed by atoms with Gasteiger partial charge in [-0.15, -0.1) is 0 Å². The molecule has 0 bridgehead atoms. The van der Waals surface area contributed by atoms with Crippen molar-refractivity contribution < 1.29 is 19.8 Å². The quantitative estimate of drug-likeness (QED) is 0.534. The Morgan fingerprint density at radius 1 is 0.929 bits per heavy atom. The number of rotatable bonds is 7. The second-order valence-electron chi connectivity index (χ2n) is 6.64. The van der Waals surface area contributed by atoms with E-state index in [2.05, 4.69) is 5.32 Å². The lowest BCUT2D eigenvalue weighted by Gasteiger charge is -2.19. The number of para-hydroxylation sites is 1. The van der Waals surface area contributed by atoms with Crippen molar-refractivity contribution in [1.29, 1.82) is 0 Å². The lowest BCUT2D eigenvalue weighted by molar-refractivity contribution is 0.0695. The molecule has 0 radical (unpaired) electrons. The molecule has 0 spiro atoms. The van der Waals surface area contributed by atoms with Gasteiger partial charge in [0.1, 0.15) is 5.75 Å². The number of carboxylic acid groups (broad SMARTS) is 1. The van der Waals surface area contributed by atoms with Crippen LogP contribution in [-0.4, -0.2) is 28.0 Å². The number of carboxylic acids is 1. The predicted molar refractivity (Wildman–Crippen MR) is 108 cm³/mol. The second-order valence-corrected chi connectivity index (χ2v) is 6.64. The summed E-state index contributed by atoms with van der Waals surface area (Å²) in [5.74, 6) is -1.25. The molecule has 28 heavy (non-hydrogen) atoms. The molecule has 0 saturated carbocycles. The van der Waals surface area contributed by atoms with E-state index in [9.17, 15) is 19.8 Å². The largest absolute Gasteiger partial charge is 0.508 e. The number of ketones is 1. The highest BCUT2D eigenvalue weighted by Gasteiger charge is 2.17. The minimum Gasteiger partial charge on any atom is -0.508 e. The first-order valence-electron chi connectivity index (χ1n) is 8.96. The molecular weight excluding hydrogens is 354 g/mol. The average molecular weight is 375 g/mol. The molecule has 0 unspecified atom stereocenters. The summed E-state index contributed by atoms with van der Waals surface area (Å²) in [6.07, 6.45) is 0.426. The number of phenols is 1. The number of nitrogens with one attached hydrogen (secondary N) is 1. The normalized spacial score (nSPS) is 11.6. The van der Waals surface area contributed by atoms with Crippen molar-refractivity contribution >= 4 is 17.4 Å². The standard InChI is InChI=1S/C23H21NO4/c1-15(13-17-11-12-18(25)14-20(17)23(27)28)24-21-10-6-5-9-19(21)22(26)16-7-3-2-4-8-16/h2-12,14-15,24-25H,13H2,1H3,(H,27,28)/t15-/m1/s1. The number of aromatic hydroxyl groups is 1. The molecule has 0 aromatic heterocycles. The maximum absolute atomic E-state index is 12.8. The number of aromatic carboxylic acids is 1. The van der Waals surface area contributed by atoms with Crippen LogP contribution in [0, 0.1) is 0 Å². The van der Waals surface area contributed by atoms with Gasteiger partial charge in [0.25, 0.3) is 0 Å². The monoisotopic (exact) mass is 375 g/mol. The maximum atomic E-state index is 12.8.